The number of nitrogens with one attached hydrogen (secondary N) is 1. The summed E-state index contributed by atoms with van der Waals surface area (Å²) in [5, 5.41) is 3.57. The summed E-state index contributed by atoms with van der Waals surface area (Å²) in [7, 11) is 0. The van der Waals surface area contributed by atoms with Crippen molar-refractivity contribution in [1.29, 1.82) is 0 Å². The third-order valence-electron chi connectivity index (χ3n) is 4.39. The van der Waals surface area contributed by atoms with E-state index in [-0.39, 0.29) is 11.2 Å². The van der Waals surface area contributed by atoms with Crippen LogP contribution in [0.3, 0.4) is 0 Å². The van der Waals surface area contributed by atoms with Crippen molar-refractivity contribution in [3.05, 3.63) is 35.6 Å². The van der Waals surface area contributed by atoms with E-state index in [2.05, 4.69) is 32.2 Å². The molecule has 1 aromatic rings. The summed E-state index contributed by atoms with van der Waals surface area (Å²) < 4.78 is 13.5. The lowest BCUT2D eigenvalue weighted by atomic mass is 9.58. The molecule has 2 rings (SSSR count). The van der Waals surface area contributed by atoms with E-state index < -0.39 is 0 Å². The molecule has 19 heavy (non-hydrogen) atoms. The average Bonchev–Trinajstić information content (AvgIpc) is 2.32. The summed E-state index contributed by atoms with van der Waals surface area (Å²) in [6.07, 6.45) is 3.62. The molecule has 0 atom stereocenters. The van der Waals surface area contributed by atoms with Crippen LogP contribution in [0.4, 0.5) is 4.39 Å². The van der Waals surface area contributed by atoms with Gasteiger partial charge in [-0.1, -0.05) is 39.3 Å². The van der Waals surface area contributed by atoms with Gasteiger partial charge in [0.2, 0.25) is 0 Å². The van der Waals surface area contributed by atoms with Gasteiger partial charge in [-0.25, -0.2) is 4.39 Å². The van der Waals surface area contributed by atoms with Crippen molar-refractivity contribution in [2.24, 2.45) is 11.8 Å². The van der Waals surface area contributed by atoms with Crippen LogP contribution in [0, 0.1) is 17.7 Å². The van der Waals surface area contributed by atoms with Crippen LogP contribution in [0.2, 0.25) is 0 Å². The van der Waals surface area contributed by atoms with Gasteiger partial charge in [-0.15, -0.1) is 0 Å². The van der Waals surface area contributed by atoms with Gasteiger partial charge in [0.1, 0.15) is 5.82 Å². The van der Waals surface area contributed by atoms with Crippen LogP contribution in [0.15, 0.2) is 24.3 Å². The highest BCUT2D eigenvalue weighted by molar-refractivity contribution is 5.30. The molecule has 106 valence electrons. The number of benzene rings is 1. The predicted molar refractivity (Wildman–Crippen MR) is 78.8 cm³/mol. The third kappa shape index (κ3) is 3.36. The highest BCUT2D eigenvalue weighted by atomic mass is 19.1. The molecule has 0 amide bonds. The van der Waals surface area contributed by atoms with E-state index in [4.69, 9.17) is 0 Å². The Balaban J connectivity index is 2.08. The van der Waals surface area contributed by atoms with Crippen LogP contribution < -0.4 is 5.32 Å². The van der Waals surface area contributed by atoms with Crippen molar-refractivity contribution in [3.63, 3.8) is 0 Å². The molecule has 0 aliphatic heterocycles. The maximum absolute atomic E-state index is 13.5. The first kappa shape index (κ1) is 14.5. The Bertz CT molecular complexity index is 407. The van der Waals surface area contributed by atoms with E-state index in [9.17, 15) is 4.39 Å². The highest BCUT2D eigenvalue weighted by Crippen LogP contribution is 2.48. The molecule has 2 heteroatoms. The van der Waals surface area contributed by atoms with Gasteiger partial charge in [-0.05, 0) is 48.9 Å². The first-order valence-corrected chi connectivity index (χ1v) is 7.52. The zero-order valence-corrected chi connectivity index (χ0v) is 12.4. The quantitative estimate of drug-likeness (QED) is 0.813. The van der Waals surface area contributed by atoms with Gasteiger partial charge < -0.3 is 5.32 Å². The smallest absolute Gasteiger partial charge is 0.123 e. The lowest BCUT2D eigenvalue weighted by Crippen LogP contribution is -2.49. The molecule has 1 saturated carbocycles. The molecule has 0 spiro atoms. The molecule has 0 bridgehead atoms. The summed E-state index contributed by atoms with van der Waals surface area (Å²) in [4.78, 5) is 0. The third-order valence-corrected chi connectivity index (χ3v) is 4.39. The Morgan fingerprint density at radius 3 is 2.68 bits per heavy atom. The standard InChI is InChI=1S/C17H26FN/c1-4-14-9-17(10-14,12-19-11-13(2)3)15-6-5-7-16(18)8-15/h5-8,13-14,19H,4,9-12H2,1-3H3. The topological polar surface area (TPSA) is 12.0 Å². The molecule has 1 aromatic carbocycles. The first-order valence-electron chi connectivity index (χ1n) is 7.52. The van der Waals surface area contributed by atoms with E-state index >= 15 is 0 Å². The molecule has 1 aliphatic rings. The minimum atomic E-state index is -0.110. The normalized spacial score (nSPS) is 26.5. The highest BCUT2D eigenvalue weighted by Gasteiger charge is 2.44. The summed E-state index contributed by atoms with van der Waals surface area (Å²) in [5.74, 6) is 1.36. The maximum atomic E-state index is 13.5. The molecular formula is C17H26FN. The SMILES string of the molecule is CCC1CC(CNCC(C)C)(c2cccc(F)c2)C1. The van der Waals surface area contributed by atoms with Gasteiger partial charge in [0.15, 0.2) is 0 Å². The second kappa shape index (κ2) is 6.04. The molecule has 1 N–H and O–H groups in total. The van der Waals surface area contributed by atoms with Crippen LogP contribution in [0.5, 0.6) is 0 Å². The summed E-state index contributed by atoms with van der Waals surface area (Å²) in [6.45, 7) is 8.70. The number of rotatable bonds is 6. The minimum absolute atomic E-state index is 0.110. The molecule has 0 aromatic heterocycles. The van der Waals surface area contributed by atoms with E-state index in [0.717, 1.165) is 19.0 Å². The monoisotopic (exact) mass is 263 g/mol. The summed E-state index contributed by atoms with van der Waals surface area (Å²) >= 11 is 0. The van der Waals surface area contributed by atoms with Crippen LogP contribution >= 0.6 is 0 Å². The second-order valence-corrected chi connectivity index (χ2v) is 6.50. The zero-order chi connectivity index (χ0) is 13.9. The van der Waals surface area contributed by atoms with Crippen LogP contribution in [-0.2, 0) is 5.41 Å². The molecule has 0 saturated heterocycles. The summed E-state index contributed by atoms with van der Waals surface area (Å²) in [6, 6.07) is 7.19. The molecule has 1 fully saturated rings. The Labute approximate surface area is 116 Å². The molecule has 0 unspecified atom stereocenters. The van der Waals surface area contributed by atoms with Crippen molar-refractivity contribution in [1.82, 2.24) is 5.32 Å². The average molecular weight is 263 g/mol. The Morgan fingerprint density at radius 1 is 1.37 bits per heavy atom. The van der Waals surface area contributed by atoms with Crippen LogP contribution in [0.25, 0.3) is 0 Å². The van der Waals surface area contributed by atoms with Gasteiger partial charge >= 0.3 is 0 Å². The summed E-state index contributed by atoms with van der Waals surface area (Å²) in [5.41, 5.74) is 1.34. The fraction of sp³-hybridized carbons (Fsp3) is 0.647. The van der Waals surface area contributed by atoms with Gasteiger partial charge in [-0.2, -0.15) is 0 Å². The maximum Gasteiger partial charge on any atom is 0.123 e. The van der Waals surface area contributed by atoms with Crippen molar-refractivity contribution in [2.45, 2.75) is 45.4 Å². The Kier molecular flexibility index (Phi) is 4.62. The number of halogens is 1. The van der Waals surface area contributed by atoms with Crippen molar-refractivity contribution < 1.29 is 4.39 Å². The van der Waals surface area contributed by atoms with Gasteiger partial charge in [0.25, 0.3) is 0 Å². The second-order valence-electron chi connectivity index (χ2n) is 6.50. The van der Waals surface area contributed by atoms with E-state index in [0.29, 0.717) is 5.92 Å². The fourth-order valence-electron chi connectivity index (χ4n) is 3.23. The minimum Gasteiger partial charge on any atom is -0.316 e. The lowest BCUT2D eigenvalue weighted by Gasteiger charge is -2.48. The van der Waals surface area contributed by atoms with E-state index in [1.165, 1.54) is 30.9 Å². The zero-order valence-electron chi connectivity index (χ0n) is 12.4. The van der Waals surface area contributed by atoms with Crippen molar-refractivity contribution in [3.8, 4) is 0 Å². The fourth-order valence-corrected chi connectivity index (χ4v) is 3.23. The molecule has 1 nitrogen and oxygen atoms in total. The lowest BCUT2D eigenvalue weighted by molar-refractivity contribution is 0.132. The molecule has 0 radical (unpaired) electrons. The number of hydrogen-bond donors (Lipinski definition) is 1. The Morgan fingerprint density at radius 2 is 2.11 bits per heavy atom. The van der Waals surface area contributed by atoms with Gasteiger partial charge in [0.05, 0.1) is 0 Å². The molecular weight excluding hydrogens is 237 g/mol. The largest absolute Gasteiger partial charge is 0.316 e. The van der Waals surface area contributed by atoms with Crippen LogP contribution in [-0.4, -0.2) is 13.1 Å². The van der Waals surface area contributed by atoms with Crippen molar-refractivity contribution in [2.75, 3.05) is 13.1 Å². The van der Waals surface area contributed by atoms with Crippen LogP contribution in [0.1, 0.15) is 45.6 Å². The first-order chi connectivity index (χ1) is 9.05. The Hall–Kier alpha value is -0.890. The van der Waals surface area contributed by atoms with Gasteiger partial charge in [0, 0.05) is 12.0 Å². The molecule has 0 heterocycles. The van der Waals surface area contributed by atoms with Gasteiger partial charge in [-0.3, -0.25) is 0 Å². The molecule has 1 aliphatic carbocycles. The number of hydrogen-bond acceptors (Lipinski definition) is 1. The van der Waals surface area contributed by atoms with E-state index in [1.807, 2.05) is 6.07 Å². The van der Waals surface area contributed by atoms with E-state index in [1.54, 1.807) is 6.07 Å². The predicted octanol–water partition coefficient (Wildman–Crippen LogP) is 4.13. The van der Waals surface area contributed by atoms with Crippen molar-refractivity contribution >= 4 is 0 Å².